The van der Waals surface area contributed by atoms with E-state index in [-0.39, 0.29) is 5.91 Å². The predicted molar refractivity (Wildman–Crippen MR) is 96.5 cm³/mol. The minimum Gasteiger partial charge on any atom is -0.496 e. The van der Waals surface area contributed by atoms with Gasteiger partial charge in [-0.25, -0.2) is 5.43 Å². The van der Waals surface area contributed by atoms with Gasteiger partial charge < -0.3 is 9.64 Å². The van der Waals surface area contributed by atoms with Crippen molar-refractivity contribution in [1.82, 2.24) is 5.43 Å². The summed E-state index contributed by atoms with van der Waals surface area (Å²) >= 11 is 3.39. The summed E-state index contributed by atoms with van der Waals surface area (Å²) in [6.45, 7) is 0. The molecule has 0 saturated heterocycles. The number of rotatable bonds is 5. The first-order valence-corrected chi connectivity index (χ1v) is 7.75. The van der Waals surface area contributed by atoms with E-state index in [0.717, 1.165) is 15.7 Å². The minimum atomic E-state index is -0.263. The molecule has 0 spiro atoms. The van der Waals surface area contributed by atoms with Gasteiger partial charge in [-0.15, -0.1) is 0 Å². The number of amides is 1. The van der Waals surface area contributed by atoms with Crippen molar-refractivity contribution in [3.8, 4) is 5.75 Å². The van der Waals surface area contributed by atoms with E-state index in [0.29, 0.717) is 11.3 Å². The van der Waals surface area contributed by atoms with Crippen LogP contribution in [0.25, 0.3) is 0 Å². The molecule has 6 heteroatoms. The molecule has 0 fully saturated rings. The van der Waals surface area contributed by atoms with E-state index in [1.165, 1.54) is 0 Å². The fourth-order valence-corrected chi connectivity index (χ4v) is 2.32. The number of methoxy groups -OCH3 is 1. The second-order valence-electron chi connectivity index (χ2n) is 5.03. The second kappa shape index (κ2) is 7.78. The highest BCUT2D eigenvalue weighted by Crippen LogP contribution is 2.21. The quantitative estimate of drug-likeness (QED) is 0.644. The van der Waals surface area contributed by atoms with Gasteiger partial charge in [0.05, 0.1) is 13.3 Å². The van der Waals surface area contributed by atoms with Crippen LogP contribution in [0.1, 0.15) is 15.9 Å². The first-order chi connectivity index (χ1) is 11.0. The molecule has 0 aliphatic carbocycles. The average molecular weight is 376 g/mol. The number of halogens is 1. The zero-order valence-corrected chi connectivity index (χ0v) is 14.8. The lowest BCUT2D eigenvalue weighted by Gasteiger charge is -2.12. The zero-order valence-electron chi connectivity index (χ0n) is 13.2. The van der Waals surface area contributed by atoms with E-state index in [2.05, 4.69) is 26.5 Å². The maximum Gasteiger partial charge on any atom is 0.271 e. The lowest BCUT2D eigenvalue weighted by Crippen LogP contribution is -2.18. The number of nitrogens with zero attached hydrogens (tertiary/aromatic N) is 2. The van der Waals surface area contributed by atoms with Crippen LogP contribution < -0.4 is 15.1 Å². The van der Waals surface area contributed by atoms with Crippen molar-refractivity contribution in [2.24, 2.45) is 5.10 Å². The maximum atomic E-state index is 12.1. The Bertz CT molecular complexity index is 712. The summed E-state index contributed by atoms with van der Waals surface area (Å²) < 4.78 is 6.16. The van der Waals surface area contributed by atoms with E-state index in [9.17, 15) is 4.79 Å². The summed E-state index contributed by atoms with van der Waals surface area (Å²) in [5, 5.41) is 3.99. The van der Waals surface area contributed by atoms with E-state index >= 15 is 0 Å². The summed E-state index contributed by atoms with van der Waals surface area (Å²) in [4.78, 5) is 14.0. The van der Waals surface area contributed by atoms with Crippen molar-refractivity contribution in [2.45, 2.75) is 0 Å². The van der Waals surface area contributed by atoms with Crippen molar-refractivity contribution in [1.29, 1.82) is 0 Å². The van der Waals surface area contributed by atoms with E-state index in [1.807, 2.05) is 49.3 Å². The molecule has 1 N–H and O–H groups in total. The summed E-state index contributed by atoms with van der Waals surface area (Å²) in [5.41, 5.74) is 4.86. The molecule has 0 aliphatic rings. The fourth-order valence-electron chi connectivity index (χ4n) is 1.94. The largest absolute Gasteiger partial charge is 0.496 e. The lowest BCUT2D eigenvalue weighted by atomic mass is 10.2. The highest BCUT2D eigenvalue weighted by molar-refractivity contribution is 9.10. The van der Waals surface area contributed by atoms with Crippen LogP contribution in [0, 0.1) is 0 Å². The molecule has 0 heterocycles. The smallest absolute Gasteiger partial charge is 0.271 e. The molecule has 0 bridgehead atoms. The Morgan fingerprint density at radius 1 is 1.22 bits per heavy atom. The first kappa shape index (κ1) is 17.0. The van der Waals surface area contributed by atoms with E-state index in [4.69, 9.17) is 4.74 Å². The highest BCUT2D eigenvalue weighted by atomic mass is 79.9. The number of hydrazone groups is 1. The summed E-state index contributed by atoms with van der Waals surface area (Å²) in [7, 11) is 5.49. The van der Waals surface area contributed by atoms with Crippen LogP contribution in [-0.2, 0) is 0 Å². The molecule has 2 rings (SSSR count). The molecule has 1 amide bonds. The fraction of sp³-hybridized carbons (Fsp3) is 0.176. The monoisotopic (exact) mass is 375 g/mol. The number of benzene rings is 2. The third-order valence-corrected chi connectivity index (χ3v) is 3.70. The van der Waals surface area contributed by atoms with Gasteiger partial charge in [0.25, 0.3) is 5.91 Å². The molecule has 2 aromatic rings. The molecular formula is C17H18BrN3O2. The van der Waals surface area contributed by atoms with E-state index in [1.54, 1.807) is 25.5 Å². The van der Waals surface area contributed by atoms with Crippen molar-refractivity contribution in [2.75, 3.05) is 26.1 Å². The van der Waals surface area contributed by atoms with Crippen LogP contribution in [0.4, 0.5) is 5.69 Å². The number of ether oxygens (including phenoxy) is 1. The topological polar surface area (TPSA) is 53.9 Å². The first-order valence-electron chi connectivity index (χ1n) is 6.95. The van der Waals surface area contributed by atoms with Gasteiger partial charge in [-0.2, -0.15) is 5.10 Å². The van der Waals surface area contributed by atoms with Gasteiger partial charge in [0.15, 0.2) is 0 Å². The van der Waals surface area contributed by atoms with Crippen molar-refractivity contribution in [3.63, 3.8) is 0 Å². The normalized spacial score (nSPS) is 10.6. The highest BCUT2D eigenvalue weighted by Gasteiger charge is 2.05. The number of nitrogens with one attached hydrogen (secondary N) is 1. The molecular weight excluding hydrogens is 358 g/mol. The van der Waals surface area contributed by atoms with Gasteiger partial charge in [0.2, 0.25) is 0 Å². The molecule has 120 valence electrons. The van der Waals surface area contributed by atoms with Crippen LogP contribution in [-0.4, -0.2) is 33.3 Å². The second-order valence-corrected chi connectivity index (χ2v) is 5.94. The van der Waals surface area contributed by atoms with Crippen LogP contribution in [0.15, 0.2) is 52.0 Å². The molecule has 0 radical (unpaired) electrons. The van der Waals surface area contributed by atoms with Crippen LogP contribution in [0.5, 0.6) is 5.75 Å². The Morgan fingerprint density at radius 3 is 2.52 bits per heavy atom. The molecule has 23 heavy (non-hydrogen) atoms. The van der Waals surface area contributed by atoms with E-state index < -0.39 is 0 Å². The standard InChI is InChI=1S/C17H18BrN3O2/c1-21(2)15-7-4-12(5-8-15)17(22)20-19-11-13-10-14(18)6-9-16(13)23-3/h4-11H,1-3H3,(H,20,22)/b19-11+. The molecule has 2 aromatic carbocycles. The summed E-state index contributed by atoms with van der Waals surface area (Å²) in [5.74, 6) is 0.419. The number of hydrogen-bond acceptors (Lipinski definition) is 4. The molecule has 0 unspecified atom stereocenters. The van der Waals surface area contributed by atoms with Crippen LogP contribution in [0.3, 0.4) is 0 Å². The Morgan fingerprint density at radius 2 is 1.91 bits per heavy atom. The number of carbonyl (C=O) groups excluding carboxylic acids is 1. The molecule has 0 aromatic heterocycles. The average Bonchev–Trinajstić information content (AvgIpc) is 2.55. The van der Waals surface area contributed by atoms with Gasteiger partial charge in [0.1, 0.15) is 5.75 Å². The molecule has 0 aliphatic heterocycles. The minimum absolute atomic E-state index is 0.263. The van der Waals surface area contributed by atoms with Crippen molar-refractivity contribution in [3.05, 3.63) is 58.1 Å². The Balaban J connectivity index is 2.05. The SMILES string of the molecule is COc1ccc(Br)cc1/C=N/NC(=O)c1ccc(N(C)C)cc1. The molecule has 0 saturated carbocycles. The predicted octanol–water partition coefficient (Wildman–Crippen LogP) is 3.29. The number of carbonyl (C=O) groups is 1. The Hall–Kier alpha value is -2.34. The van der Waals surface area contributed by atoms with Crippen LogP contribution in [0.2, 0.25) is 0 Å². The molecule has 5 nitrogen and oxygen atoms in total. The van der Waals surface area contributed by atoms with Crippen molar-refractivity contribution >= 4 is 33.7 Å². The molecule has 0 atom stereocenters. The van der Waals surface area contributed by atoms with Gasteiger partial charge in [-0.1, -0.05) is 15.9 Å². The Kier molecular flexibility index (Phi) is 5.76. The maximum absolute atomic E-state index is 12.1. The number of anilines is 1. The number of hydrogen-bond donors (Lipinski definition) is 1. The van der Waals surface area contributed by atoms with Gasteiger partial charge in [-0.05, 0) is 42.5 Å². The van der Waals surface area contributed by atoms with Crippen LogP contribution >= 0.6 is 15.9 Å². The third kappa shape index (κ3) is 4.56. The van der Waals surface area contributed by atoms with Gasteiger partial charge in [-0.3, -0.25) is 4.79 Å². The van der Waals surface area contributed by atoms with Gasteiger partial charge >= 0.3 is 0 Å². The van der Waals surface area contributed by atoms with Gasteiger partial charge in [0, 0.05) is 35.4 Å². The van der Waals surface area contributed by atoms with Crippen molar-refractivity contribution < 1.29 is 9.53 Å². The Labute approximate surface area is 144 Å². The lowest BCUT2D eigenvalue weighted by molar-refractivity contribution is 0.0955. The zero-order chi connectivity index (χ0) is 16.8. The summed E-state index contributed by atoms with van der Waals surface area (Å²) in [6, 6.07) is 12.9. The summed E-state index contributed by atoms with van der Waals surface area (Å²) in [6.07, 6.45) is 1.55. The third-order valence-electron chi connectivity index (χ3n) is 3.21.